The zero-order chi connectivity index (χ0) is 16.8. The molecule has 0 radical (unpaired) electrons. The van der Waals surface area contributed by atoms with Crippen molar-refractivity contribution in [2.24, 2.45) is 17.8 Å². The van der Waals surface area contributed by atoms with E-state index in [0.717, 1.165) is 49.9 Å². The van der Waals surface area contributed by atoms with Crippen LogP contribution in [0.5, 0.6) is 0 Å². The first-order chi connectivity index (χ1) is 11.0. The maximum Gasteiger partial charge on any atom is 0.245 e. The van der Waals surface area contributed by atoms with Crippen LogP contribution in [0, 0.1) is 17.8 Å². The van der Waals surface area contributed by atoms with Gasteiger partial charge in [0.2, 0.25) is 5.91 Å². The van der Waals surface area contributed by atoms with Gasteiger partial charge in [0.05, 0.1) is 0 Å². The molecule has 1 aliphatic heterocycles. The third-order valence-electron chi connectivity index (χ3n) is 4.91. The number of nitrogens with one attached hydrogen (secondary N) is 1. The van der Waals surface area contributed by atoms with Crippen LogP contribution in [0.15, 0.2) is 30.3 Å². The number of benzene rings is 1. The van der Waals surface area contributed by atoms with E-state index in [1.807, 2.05) is 30.3 Å². The molecule has 1 aromatic carbocycles. The second-order valence-corrected chi connectivity index (χ2v) is 7.60. The number of likely N-dealkylation sites (tertiary alicyclic amines) is 1. The highest BCUT2D eigenvalue weighted by Gasteiger charge is 2.29. The summed E-state index contributed by atoms with van der Waals surface area (Å²) in [6.45, 7) is 10.8. The zero-order valence-electron chi connectivity index (χ0n) is 15.1. The average molecular weight is 316 g/mol. The molecule has 0 aliphatic carbocycles. The van der Waals surface area contributed by atoms with Crippen LogP contribution in [0.3, 0.4) is 0 Å². The quantitative estimate of drug-likeness (QED) is 0.843. The molecule has 2 rings (SSSR count). The van der Waals surface area contributed by atoms with Gasteiger partial charge in [0.15, 0.2) is 0 Å². The van der Waals surface area contributed by atoms with Gasteiger partial charge in [-0.15, -0.1) is 0 Å². The number of amides is 1. The van der Waals surface area contributed by atoms with Crippen LogP contribution in [0.25, 0.3) is 0 Å². The molecule has 0 saturated carbocycles. The summed E-state index contributed by atoms with van der Waals surface area (Å²) in [7, 11) is 0. The Bertz CT molecular complexity index is 476. The van der Waals surface area contributed by atoms with E-state index in [2.05, 4.69) is 37.9 Å². The molecule has 0 bridgehead atoms. The third-order valence-corrected chi connectivity index (χ3v) is 4.91. The molecule has 0 spiro atoms. The Labute approximate surface area is 141 Å². The lowest BCUT2D eigenvalue weighted by atomic mass is 9.86. The maximum atomic E-state index is 13.0. The normalized spacial score (nSPS) is 17.6. The smallest absolute Gasteiger partial charge is 0.245 e. The fraction of sp³-hybridized carbons (Fsp3) is 0.650. The predicted octanol–water partition coefficient (Wildman–Crippen LogP) is 4.41. The number of carbonyl (C=O) groups is 1. The minimum Gasteiger partial charge on any atom is -0.374 e. The summed E-state index contributed by atoms with van der Waals surface area (Å²) in [5.74, 6) is 2.25. The minimum atomic E-state index is -0.118. The van der Waals surface area contributed by atoms with E-state index in [1.54, 1.807) is 0 Å². The summed E-state index contributed by atoms with van der Waals surface area (Å²) < 4.78 is 0. The Balaban J connectivity index is 1.99. The molecular formula is C20H32N2O. The van der Waals surface area contributed by atoms with Gasteiger partial charge in [0.25, 0.3) is 0 Å². The van der Waals surface area contributed by atoms with Gasteiger partial charge in [-0.05, 0) is 49.1 Å². The molecule has 0 aromatic heterocycles. The summed E-state index contributed by atoms with van der Waals surface area (Å²) in [6, 6.07) is 9.96. The third kappa shape index (κ3) is 5.26. The number of para-hydroxylation sites is 1. The molecule has 1 heterocycles. The van der Waals surface area contributed by atoms with Gasteiger partial charge in [0.1, 0.15) is 6.04 Å². The van der Waals surface area contributed by atoms with E-state index in [1.165, 1.54) is 0 Å². The fourth-order valence-electron chi connectivity index (χ4n) is 3.44. The van der Waals surface area contributed by atoms with Crippen molar-refractivity contribution in [3.05, 3.63) is 30.3 Å². The van der Waals surface area contributed by atoms with Crippen LogP contribution in [-0.4, -0.2) is 29.9 Å². The first-order valence-corrected chi connectivity index (χ1v) is 9.07. The Morgan fingerprint density at radius 2 is 1.74 bits per heavy atom. The van der Waals surface area contributed by atoms with Crippen LogP contribution >= 0.6 is 0 Å². The lowest BCUT2D eigenvalue weighted by Gasteiger charge is -2.36. The van der Waals surface area contributed by atoms with E-state index in [9.17, 15) is 4.79 Å². The van der Waals surface area contributed by atoms with E-state index >= 15 is 0 Å². The predicted molar refractivity (Wildman–Crippen MR) is 97.4 cm³/mol. The average Bonchev–Trinajstić information content (AvgIpc) is 2.54. The number of hydrogen-bond donors (Lipinski definition) is 1. The van der Waals surface area contributed by atoms with Crippen molar-refractivity contribution in [2.45, 2.75) is 53.0 Å². The molecule has 3 nitrogen and oxygen atoms in total. The van der Waals surface area contributed by atoms with Gasteiger partial charge >= 0.3 is 0 Å². The lowest BCUT2D eigenvalue weighted by Crippen LogP contribution is -2.47. The lowest BCUT2D eigenvalue weighted by molar-refractivity contribution is -0.134. The number of hydrogen-bond acceptors (Lipinski definition) is 2. The van der Waals surface area contributed by atoms with Crippen molar-refractivity contribution >= 4 is 11.6 Å². The second-order valence-electron chi connectivity index (χ2n) is 7.60. The van der Waals surface area contributed by atoms with Crippen LogP contribution in [0.4, 0.5) is 5.69 Å². The van der Waals surface area contributed by atoms with Gasteiger partial charge in [-0.1, -0.05) is 45.9 Å². The molecule has 23 heavy (non-hydrogen) atoms. The largest absolute Gasteiger partial charge is 0.374 e. The van der Waals surface area contributed by atoms with Crippen molar-refractivity contribution < 1.29 is 4.79 Å². The van der Waals surface area contributed by atoms with Crippen LogP contribution in [-0.2, 0) is 4.79 Å². The van der Waals surface area contributed by atoms with Crippen molar-refractivity contribution in [2.75, 3.05) is 18.4 Å². The summed E-state index contributed by atoms with van der Waals surface area (Å²) in [5, 5.41) is 3.45. The minimum absolute atomic E-state index is 0.118. The Kier molecular flexibility index (Phi) is 6.49. The van der Waals surface area contributed by atoms with Crippen LogP contribution in [0.2, 0.25) is 0 Å². The van der Waals surface area contributed by atoms with Crippen molar-refractivity contribution in [1.82, 2.24) is 4.90 Å². The standard InChI is InChI=1S/C20H32N2O/c1-15(2)14-19(21-18-8-6-5-7-9-18)20(23)22-12-10-17(11-13-22)16(3)4/h5-9,15-17,19,21H,10-14H2,1-4H3/t19-/m0/s1. The zero-order valence-corrected chi connectivity index (χ0v) is 15.1. The van der Waals surface area contributed by atoms with Crippen LogP contribution < -0.4 is 5.32 Å². The fourth-order valence-corrected chi connectivity index (χ4v) is 3.44. The molecule has 1 fully saturated rings. The summed E-state index contributed by atoms with van der Waals surface area (Å²) in [5.41, 5.74) is 1.03. The maximum absolute atomic E-state index is 13.0. The van der Waals surface area contributed by atoms with Gasteiger partial charge in [0, 0.05) is 18.8 Å². The highest BCUT2D eigenvalue weighted by atomic mass is 16.2. The molecule has 1 saturated heterocycles. The van der Waals surface area contributed by atoms with E-state index in [-0.39, 0.29) is 11.9 Å². The van der Waals surface area contributed by atoms with Crippen molar-refractivity contribution in [3.8, 4) is 0 Å². The molecule has 1 amide bonds. The van der Waals surface area contributed by atoms with E-state index in [0.29, 0.717) is 5.92 Å². The Morgan fingerprint density at radius 1 is 1.13 bits per heavy atom. The molecule has 1 N–H and O–H groups in total. The number of anilines is 1. The highest BCUT2D eigenvalue weighted by molar-refractivity contribution is 5.84. The number of rotatable bonds is 6. The Morgan fingerprint density at radius 3 is 2.26 bits per heavy atom. The van der Waals surface area contributed by atoms with Crippen molar-refractivity contribution in [1.29, 1.82) is 0 Å². The van der Waals surface area contributed by atoms with Gasteiger partial charge < -0.3 is 10.2 Å². The molecule has 1 aliphatic rings. The molecule has 3 heteroatoms. The molecule has 128 valence electrons. The molecular weight excluding hydrogens is 284 g/mol. The van der Waals surface area contributed by atoms with Gasteiger partial charge in [-0.25, -0.2) is 0 Å². The topological polar surface area (TPSA) is 32.3 Å². The first-order valence-electron chi connectivity index (χ1n) is 9.07. The highest BCUT2D eigenvalue weighted by Crippen LogP contribution is 2.25. The van der Waals surface area contributed by atoms with Gasteiger partial charge in [-0.2, -0.15) is 0 Å². The second kappa shape index (κ2) is 8.37. The Hall–Kier alpha value is -1.51. The van der Waals surface area contributed by atoms with E-state index < -0.39 is 0 Å². The first kappa shape index (κ1) is 17.8. The number of piperidine rings is 1. The van der Waals surface area contributed by atoms with Gasteiger partial charge in [-0.3, -0.25) is 4.79 Å². The summed E-state index contributed by atoms with van der Waals surface area (Å²) >= 11 is 0. The SMILES string of the molecule is CC(C)C[C@H](Nc1ccccc1)C(=O)N1CCC(C(C)C)CC1. The molecule has 1 atom stereocenters. The monoisotopic (exact) mass is 316 g/mol. The summed E-state index contributed by atoms with van der Waals surface area (Å²) in [4.78, 5) is 15.0. The molecule has 1 aromatic rings. The molecule has 0 unspecified atom stereocenters. The van der Waals surface area contributed by atoms with Crippen molar-refractivity contribution in [3.63, 3.8) is 0 Å². The summed E-state index contributed by atoms with van der Waals surface area (Å²) in [6.07, 6.45) is 3.16. The van der Waals surface area contributed by atoms with Crippen LogP contribution in [0.1, 0.15) is 47.0 Å². The number of carbonyl (C=O) groups excluding carboxylic acids is 1. The number of nitrogens with zero attached hydrogens (tertiary/aromatic N) is 1. The van der Waals surface area contributed by atoms with E-state index in [4.69, 9.17) is 0 Å².